The minimum absolute atomic E-state index is 0.00417. The van der Waals surface area contributed by atoms with Crippen LogP contribution in [0.2, 0.25) is 0 Å². The predicted molar refractivity (Wildman–Crippen MR) is 126 cm³/mol. The summed E-state index contributed by atoms with van der Waals surface area (Å²) in [4.78, 5) is 15.2. The molecule has 0 amide bonds. The lowest BCUT2D eigenvalue weighted by molar-refractivity contribution is -0.384. The highest BCUT2D eigenvalue weighted by atomic mass is 35.5. The Morgan fingerprint density at radius 1 is 1.21 bits per heavy atom. The van der Waals surface area contributed by atoms with E-state index in [1.165, 1.54) is 16.4 Å². The molecule has 4 rings (SSSR count). The number of non-ortho nitro benzene ring substituents is 1. The first-order chi connectivity index (χ1) is 15.8. The topological polar surface area (TPSA) is 108 Å². The summed E-state index contributed by atoms with van der Waals surface area (Å²) in [5, 5.41) is 11.2. The summed E-state index contributed by atoms with van der Waals surface area (Å²) in [7, 11) is -3.65. The number of aromatic nitrogens is 2. The van der Waals surface area contributed by atoms with Gasteiger partial charge < -0.3 is 9.30 Å². The lowest BCUT2D eigenvalue weighted by Gasteiger charge is -2.26. The number of sulfonamides is 1. The second-order valence-electron chi connectivity index (χ2n) is 7.59. The zero-order valence-electron chi connectivity index (χ0n) is 18.0. The second kappa shape index (κ2) is 9.60. The molecule has 0 radical (unpaired) electrons. The molecule has 3 aromatic rings. The van der Waals surface area contributed by atoms with Crippen molar-refractivity contribution < 1.29 is 18.1 Å². The van der Waals surface area contributed by atoms with Crippen LogP contribution < -0.4 is 0 Å². The normalized spacial score (nSPS) is 15.8. The summed E-state index contributed by atoms with van der Waals surface area (Å²) in [6.07, 6.45) is 2.51. The van der Waals surface area contributed by atoms with Crippen molar-refractivity contribution >= 4 is 49.5 Å². The molecule has 1 aromatic heterocycles. The van der Waals surface area contributed by atoms with E-state index in [4.69, 9.17) is 16.3 Å². The standard InChI is InChI=1S/C22H23ClN4O5S/c1-2-9-26-21-8-7-18(33(30,31)25-10-12-32-13-11-25)15-20(21)24-22(26)19(23)14-16-3-5-17(6-4-16)27(28)29/h3-8,14-15H,2,9-13H2,1H3. The third kappa shape index (κ3) is 4.79. The zero-order chi connectivity index (χ0) is 23.6. The van der Waals surface area contributed by atoms with Gasteiger partial charge in [0.15, 0.2) is 5.82 Å². The van der Waals surface area contributed by atoms with Crippen molar-refractivity contribution in [1.29, 1.82) is 0 Å². The Bertz CT molecular complexity index is 1310. The molecular formula is C22H23ClN4O5S. The van der Waals surface area contributed by atoms with E-state index in [0.717, 1.165) is 11.9 Å². The highest BCUT2D eigenvalue weighted by Crippen LogP contribution is 2.29. The molecule has 0 spiro atoms. The quantitative estimate of drug-likeness (QED) is 0.364. The van der Waals surface area contributed by atoms with Gasteiger partial charge in [-0.3, -0.25) is 10.1 Å². The lowest BCUT2D eigenvalue weighted by atomic mass is 10.2. The van der Waals surface area contributed by atoms with Crippen molar-refractivity contribution in [2.24, 2.45) is 0 Å². The Balaban J connectivity index is 1.73. The summed E-state index contributed by atoms with van der Waals surface area (Å²) in [5.74, 6) is 0.507. The Labute approximate surface area is 196 Å². The van der Waals surface area contributed by atoms with Gasteiger partial charge in [-0.05, 0) is 48.4 Å². The molecule has 1 aliphatic rings. The number of benzene rings is 2. The summed E-state index contributed by atoms with van der Waals surface area (Å²) in [5.41, 5.74) is 2.00. The number of hydrogen-bond acceptors (Lipinski definition) is 6. The summed E-state index contributed by atoms with van der Waals surface area (Å²) in [6, 6.07) is 11.0. The monoisotopic (exact) mass is 490 g/mol. The van der Waals surface area contributed by atoms with Crippen LogP contribution in [-0.2, 0) is 21.3 Å². The first kappa shape index (κ1) is 23.4. The van der Waals surface area contributed by atoms with Gasteiger partial charge in [0.25, 0.3) is 5.69 Å². The van der Waals surface area contributed by atoms with Crippen LogP contribution in [0.15, 0.2) is 47.4 Å². The van der Waals surface area contributed by atoms with Gasteiger partial charge in [0, 0.05) is 31.8 Å². The van der Waals surface area contributed by atoms with E-state index in [-0.39, 0.29) is 10.6 Å². The highest BCUT2D eigenvalue weighted by molar-refractivity contribution is 7.89. The van der Waals surface area contributed by atoms with E-state index >= 15 is 0 Å². The van der Waals surface area contributed by atoms with E-state index in [2.05, 4.69) is 4.98 Å². The number of morpholine rings is 1. The maximum absolute atomic E-state index is 13.0. The third-order valence-electron chi connectivity index (χ3n) is 5.39. The van der Waals surface area contributed by atoms with Gasteiger partial charge in [0.1, 0.15) is 0 Å². The number of nitro benzene ring substituents is 1. The average molecular weight is 491 g/mol. The van der Waals surface area contributed by atoms with Crippen molar-refractivity contribution in [3.05, 3.63) is 64.0 Å². The molecule has 174 valence electrons. The number of imidazole rings is 1. The van der Waals surface area contributed by atoms with Crippen LogP contribution in [0.1, 0.15) is 24.7 Å². The van der Waals surface area contributed by atoms with Crippen LogP contribution in [0.3, 0.4) is 0 Å². The first-order valence-corrected chi connectivity index (χ1v) is 12.3. The molecule has 9 nitrogen and oxygen atoms in total. The molecular weight excluding hydrogens is 468 g/mol. The van der Waals surface area contributed by atoms with Crippen LogP contribution in [-0.4, -0.2) is 53.5 Å². The molecule has 1 aliphatic heterocycles. The zero-order valence-corrected chi connectivity index (χ0v) is 19.6. The Kier molecular flexibility index (Phi) is 6.80. The molecule has 0 N–H and O–H groups in total. The SMILES string of the molecule is CCCn1c(C(Cl)=Cc2ccc([N+](=O)[O-])cc2)nc2cc(S(=O)(=O)N3CCOCC3)ccc21. The average Bonchev–Trinajstić information content (AvgIpc) is 3.18. The van der Waals surface area contributed by atoms with Crippen molar-refractivity contribution in [2.75, 3.05) is 26.3 Å². The number of nitro groups is 1. The van der Waals surface area contributed by atoms with Gasteiger partial charge in [-0.25, -0.2) is 13.4 Å². The predicted octanol–water partition coefficient (Wildman–Crippen LogP) is 4.11. The number of rotatable bonds is 7. The van der Waals surface area contributed by atoms with Crippen LogP contribution in [0.25, 0.3) is 22.1 Å². The van der Waals surface area contributed by atoms with Crippen molar-refractivity contribution in [2.45, 2.75) is 24.8 Å². The minimum atomic E-state index is -3.65. The summed E-state index contributed by atoms with van der Waals surface area (Å²) in [6.45, 7) is 4.06. The van der Waals surface area contributed by atoms with E-state index in [0.29, 0.717) is 54.8 Å². The van der Waals surface area contributed by atoms with Crippen LogP contribution >= 0.6 is 11.6 Å². The van der Waals surface area contributed by atoms with Gasteiger partial charge in [-0.15, -0.1) is 0 Å². The number of nitrogens with zero attached hydrogens (tertiary/aromatic N) is 4. The summed E-state index contributed by atoms with van der Waals surface area (Å²) >= 11 is 6.61. The van der Waals surface area contributed by atoms with E-state index in [9.17, 15) is 18.5 Å². The molecule has 11 heteroatoms. The van der Waals surface area contributed by atoms with Gasteiger partial charge in [0.05, 0.1) is 39.1 Å². The largest absolute Gasteiger partial charge is 0.379 e. The van der Waals surface area contributed by atoms with Crippen LogP contribution in [0.4, 0.5) is 5.69 Å². The fourth-order valence-corrected chi connectivity index (χ4v) is 5.44. The lowest BCUT2D eigenvalue weighted by Crippen LogP contribution is -2.40. The Morgan fingerprint density at radius 3 is 2.55 bits per heavy atom. The van der Waals surface area contributed by atoms with Crippen molar-refractivity contribution in [3.63, 3.8) is 0 Å². The molecule has 2 aromatic carbocycles. The minimum Gasteiger partial charge on any atom is -0.379 e. The second-order valence-corrected chi connectivity index (χ2v) is 9.94. The molecule has 1 fully saturated rings. The molecule has 0 unspecified atom stereocenters. The maximum atomic E-state index is 13.0. The maximum Gasteiger partial charge on any atom is 0.269 e. The number of fused-ring (bicyclic) bond motifs is 1. The number of ether oxygens (including phenoxy) is 1. The third-order valence-corrected chi connectivity index (χ3v) is 7.56. The van der Waals surface area contributed by atoms with Gasteiger partial charge in [-0.2, -0.15) is 4.31 Å². The van der Waals surface area contributed by atoms with Crippen molar-refractivity contribution in [3.8, 4) is 0 Å². The molecule has 0 bridgehead atoms. The van der Waals surface area contributed by atoms with Gasteiger partial charge in [0.2, 0.25) is 10.0 Å². The Hall–Kier alpha value is -2.79. The highest BCUT2D eigenvalue weighted by Gasteiger charge is 2.27. The van der Waals surface area contributed by atoms with E-state index < -0.39 is 14.9 Å². The summed E-state index contributed by atoms with van der Waals surface area (Å²) < 4.78 is 34.7. The molecule has 1 saturated heterocycles. The fraction of sp³-hybridized carbons (Fsp3) is 0.318. The first-order valence-electron chi connectivity index (χ1n) is 10.5. The van der Waals surface area contributed by atoms with Gasteiger partial charge >= 0.3 is 0 Å². The van der Waals surface area contributed by atoms with Crippen LogP contribution in [0.5, 0.6) is 0 Å². The number of aryl methyl sites for hydroxylation is 1. The fourth-order valence-electron chi connectivity index (χ4n) is 3.74. The molecule has 2 heterocycles. The van der Waals surface area contributed by atoms with Crippen molar-refractivity contribution in [1.82, 2.24) is 13.9 Å². The molecule has 0 aliphatic carbocycles. The van der Waals surface area contributed by atoms with E-state index in [1.54, 1.807) is 36.4 Å². The molecule has 33 heavy (non-hydrogen) atoms. The number of hydrogen-bond donors (Lipinski definition) is 0. The molecule has 0 atom stereocenters. The Morgan fingerprint density at radius 2 is 1.91 bits per heavy atom. The smallest absolute Gasteiger partial charge is 0.269 e. The van der Waals surface area contributed by atoms with Gasteiger partial charge in [-0.1, -0.05) is 18.5 Å². The molecule has 0 saturated carbocycles. The van der Waals surface area contributed by atoms with E-state index in [1.807, 2.05) is 11.5 Å². The van der Waals surface area contributed by atoms with Crippen LogP contribution in [0, 0.1) is 10.1 Å². The number of halogens is 1.